The first-order valence-corrected chi connectivity index (χ1v) is 16.0. The third-order valence-electron chi connectivity index (χ3n) is 9.46. The molecule has 0 amide bonds. The second-order valence-corrected chi connectivity index (χ2v) is 12.3. The van der Waals surface area contributed by atoms with Crippen LogP contribution in [0, 0.1) is 53.7 Å². The van der Waals surface area contributed by atoms with Crippen LogP contribution in [-0.4, -0.2) is 9.13 Å². The lowest BCUT2D eigenvalue weighted by atomic mass is 9.94. The zero-order valence-corrected chi connectivity index (χ0v) is 27.5. The van der Waals surface area contributed by atoms with Gasteiger partial charge in [-0.1, -0.05) is 24.3 Å². The first-order valence-electron chi connectivity index (χ1n) is 16.0. The Hall–Kier alpha value is -8.35. The van der Waals surface area contributed by atoms with Gasteiger partial charge in [0.25, 0.3) is 0 Å². The Kier molecular flexibility index (Phi) is 7.39. The summed E-state index contributed by atoms with van der Waals surface area (Å²) in [5, 5.41) is 31.9. The monoisotopic (exact) mass is 702 g/mol. The number of hydrogen-bond acceptors (Lipinski definition) is 3. The van der Waals surface area contributed by atoms with Crippen molar-refractivity contribution in [3.8, 4) is 40.7 Å². The van der Waals surface area contributed by atoms with Crippen molar-refractivity contribution < 1.29 is 13.2 Å². The fourth-order valence-corrected chi connectivity index (χ4v) is 7.20. The van der Waals surface area contributed by atoms with E-state index in [0.717, 1.165) is 12.1 Å². The summed E-state index contributed by atoms with van der Waals surface area (Å²) >= 11 is 0. The number of aromatic nitrogens is 2. The SMILES string of the molecule is [C-]#[N+]c1ccc2c(c1)c1cc(C#N)ccc1n2-c1cc([N+]#[C-])c(-c2c([N+]#[C-])cccc2C(F)(F)F)cc1-n1c2ccc(C#N)cc2c2cc(C#N)ccc21. The van der Waals surface area contributed by atoms with Crippen LogP contribution in [0.3, 0.4) is 0 Å². The minimum Gasteiger partial charge on any atom is -0.309 e. The Labute approximate surface area is 304 Å². The van der Waals surface area contributed by atoms with Crippen LogP contribution in [0.15, 0.2) is 103 Å². The fourth-order valence-electron chi connectivity index (χ4n) is 7.20. The number of hydrogen-bond donors (Lipinski definition) is 0. The molecule has 0 spiro atoms. The molecular weight excluding hydrogens is 686 g/mol. The Balaban J connectivity index is 1.62. The molecule has 8 nitrogen and oxygen atoms in total. The highest BCUT2D eigenvalue weighted by Gasteiger charge is 2.36. The maximum Gasteiger partial charge on any atom is 0.415 e. The Morgan fingerprint density at radius 1 is 0.519 bits per heavy atom. The van der Waals surface area contributed by atoms with E-state index >= 15 is 0 Å². The first-order chi connectivity index (χ1) is 26.1. The van der Waals surface area contributed by atoms with Gasteiger partial charge < -0.3 is 9.13 Å². The molecule has 0 bridgehead atoms. The second kappa shape index (κ2) is 12.2. The van der Waals surface area contributed by atoms with Crippen LogP contribution in [0.4, 0.5) is 30.2 Å². The largest absolute Gasteiger partial charge is 0.415 e. The van der Waals surface area contributed by atoms with E-state index in [-0.39, 0.29) is 16.9 Å². The highest BCUT2D eigenvalue weighted by molar-refractivity contribution is 6.13. The first kappa shape index (κ1) is 32.8. The molecule has 2 aromatic heterocycles. The van der Waals surface area contributed by atoms with E-state index in [9.17, 15) is 29.0 Å². The minimum absolute atomic E-state index is 0.122. The van der Waals surface area contributed by atoms with E-state index in [1.807, 2.05) is 9.13 Å². The van der Waals surface area contributed by atoms with Crippen molar-refractivity contribution in [2.45, 2.75) is 6.18 Å². The Bertz CT molecular complexity index is 3090. The number of rotatable bonds is 3. The van der Waals surface area contributed by atoms with Crippen molar-refractivity contribution in [1.29, 1.82) is 15.8 Å². The predicted molar refractivity (Wildman–Crippen MR) is 198 cm³/mol. The van der Waals surface area contributed by atoms with Crippen LogP contribution in [0.1, 0.15) is 22.3 Å². The molecule has 0 atom stereocenters. The highest BCUT2D eigenvalue weighted by Crippen LogP contribution is 2.49. The number of fused-ring (bicyclic) bond motifs is 6. The van der Waals surface area contributed by atoms with Gasteiger partial charge in [-0.2, -0.15) is 29.0 Å². The summed E-state index contributed by atoms with van der Waals surface area (Å²) in [6.07, 6.45) is -4.87. The van der Waals surface area contributed by atoms with Crippen molar-refractivity contribution in [2.75, 3.05) is 0 Å². The molecule has 0 aliphatic rings. The van der Waals surface area contributed by atoms with Crippen molar-refractivity contribution in [3.63, 3.8) is 0 Å². The third-order valence-corrected chi connectivity index (χ3v) is 9.46. The third kappa shape index (κ3) is 4.87. The van der Waals surface area contributed by atoms with Crippen molar-refractivity contribution >= 4 is 60.7 Å². The number of nitrogens with zero attached hydrogens (tertiary/aromatic N) is 8. The van der Waals surface area contributed by atoms with Gasteiger partial charge in [-0.15, -0.1) is 0 Å². The number of benzene rings is 6. The van der Waals surface area contributed by atoms with E-state index in [1.165, 1.54) is 18.2 Å². The zero-order chi connectivity index (χ0) is 37.9. The number of halogens is 3. The molecule has 54 heavy (non-hydrogen) atoms. The average Bonchev–Trinajstić information content (AvgIpc) is 3.70. The summed E-state index contributed by atoms with van der Waals surface area (Å²) in [6.45, 7) is 23.7. The van der Waals surface area contributed by atoms with Crippen LogP contribution >= 0.6 is 0 Å². The van der Waals surface area contributed by atoms with Crippen molar-refractivity contribution in [1.82, 2.24) is 9.13 Å². The molecule has 2 heterocycles. The Morgan fingerprint density at radius 3 is 1.43 bits per heavy atom. The molecule has 0 saturated carbocycles. The van der Waals surface area contributed by atoms with Gasteiger partial charge in [-0.05, 0) is 95.4 Å². The Morgan fingerprint density at radius 2 is 0.981 bits per heavy atom. The normalized spacial score (nSPS) is 11.1. The van der Waals surface area contributed by atoms with Crippen LogP contribution in [0.2, 0.25) is 0 Å². The van der Waals surface area contributed by atoms with Crippen LogP contribution in [0.25, 0.3) is 80.6 Å². The average molecular weight is 703 g/mol. The lowest BCUT2D eigenvalue weighted by Gasteiger charge is -2.21. The molecule has 0 saturated heterocycles. The van der Waals surface area contributed by atoms with E-state index < -0.39 is 17.3 Å². The predicted octanol–water partition coefficient (Wildman–Crippen LogP) is 11.8. The minimum atomic E-state index is -4.87. The quantitative estimate of drug-likeness (QED) is 0.171. The summed E-state index contributed by atoms with van der Waals surface area (Å²) in [7, 11) is 0. The standard InChI is InChI=1S/C43H17F3N8/c1-50-27-10-14-39-31(18-27)30-17-26(23-49)9-13-38(30)54(39)41-20-35(52-3)32(42-33(43(44,45)46)5-4-6-34(42)51-2)19-40(41)53-36-11-7-24(21-47)15-28(36)29-16-25(22-48)8-12-37(29)53/h4-20H. The summed E-state index contributed by atoms with van der Waals surface area (Å²) in [5.74, 6) is 0. The van der Waals surface area contributed by atoms with E-state index in [2.05, 4.69) is 32.7 Å². The van der Waals surface area contributed by atoms with Crippen LogP contribution < -0.4 is 0 Å². The molecule has 0 unspecified atom stereocenters. The van der Waals surface area contributed by atoms with Gasteiger partial charge in [0.1, 0.15) is 0 Å². The van der Waals surface area contributed by atoms with Crippen LogP contribution in [0.5, 0.6) is 0 Å². The second-order valence-electron chi connectivity index (χ2n) is 12.3. The smallest absolute Gasteiger partial charge is 0.309 e. The molecule has 8 aromatic rings. The van der Waals surface area contributed by atoms with Gasteiger partial charge in [-0.25, -0.2) is 14.5 Å². The van der Waals surface area contributed by atoms with Gasteiger partial charge >= 0.3 is 6.18 Å². The molecule has 0 radical (unpaired) electrons. The van der Waals surface area contributed by atoms with Crippen LogP contribution in [-0.2, 0) is 6.18 Å². The molecular formula is C43H17F3N8. The van der Waals surface area contributed by atoms with Crippen molar-refractivity contribution in [3.05, 3.63) is 160 Å². The van der Waals surface area contributed by atoms with Gasteiger partial charge in [0.05, 0.1) is 93.6 Å². The summed E-state index contributed by atoms with van der Waals surface area (Å²) in [6, 6.07) is 32.9. The maximum absolute atomic E-state index is 14.7. The number of nitriles is 3. The molecule has 0 aliphatic heterocycles. The number of alkyl halides is 3. The summed E-state index contributed by atoms with van der Waals surface area (Å²) < 4.78 is 47.8. The van der Waals surface area contributed by atoms with Gasteiger partial charge in [0.15, 0.2) is 17.1 Å². The van der Waals surface area contributed by atoms with E-state index in [4.69, 9.17) is 19.7 Å². The lowest BCUT2D eigenvalue weighted by molar-refractivity contribution is -0.137. The molecule has 8 rings (SSSR count). The molecule has 6 aromatic carbocycles. The van der Waals surface area contributed by atoms with Crippen molar-refractivity contribution in [2.24, 2.45) is 0 Å². The molecule has 0 N–H and O–H groups in total. The van der Waals surface area contributed by atoms with Gasteiger partial charge in [-0.3, -0.25) is 0 Å². The summed E-state index contributed by atoms with van der Waals surface area (Å²) in [5.41, 5.74) is 2.30. The lowest BCUT2D eigenvalue weighted by Crippen LogP contribution is -2.08. The fraction of sp³-hybridized carbons (Fsp3) is 0.0233. The molecule has 11 heteroatoms. The topological polar surface area (TPSA) is 94.3 Å². The molecule has 250 valence electrons. The highest BCUT2D eigenvalue weighted by atomic mass is 19.4. The maximum atomic E-state index is 14.7. The molecule has 0 aliphatic carbocycles. The summed E-state index contributed by atoms with van der Waals surface area (Å²) in [4.78, 5) is 10.8. The van der Waals surface area contributed by atoms with E-state index in [0.29, 0.717) is 77.4 Å². The zero-order valence-electron chi connectivity index (χ0n) is 27.5. The van der Waals surface area contributed by atoms with Gasteiger partial charge in [0, 0.05) is 16.2 Å². The molecule has 0 fully saturated rings. The van der Waals surface area contributed by atoms with E-state index in [1.54, 1.807) is 72.8 Å². The van der Waals surface area contributed by atoms with Gasteiger partial charge in [0.2, 0.25) is 0 Å².